The lowest BCUT2D eigenvalue weighted by atomic mass is 10.1. The van der Waals surface area contributed by atoms with Crippen LogP contribution in [-0.4, -0.2) is 23.2 Å². The number of anilines is 1. The van der Waals surface area contributed by atoms with Gasteiger partial charge in [0.05, 0.1) is 18.5 Å². The van der Waals surface area contributed by atoms with Crippen molar-refractivity contribution in [3.8, 4) is 5.75 Å². The van der Waals surface area contributed by atoms with E-state index in [0.29, 0.717) is 11.7 Å². The maximum absolute atomic E-state index is 5.43. The Balaban J connectivity index is 1.65. The predicted octanol–water partition coefficient (Wildman–Crippen LogP) is 3.40. The van der Waals surface area contributed by atoms with Gasteiger partial charge in [0.1, 0.15) is 5.75 Å². The zero-order chi connectivity index (χ0) is 15.6. The van der Waals surface area contributed by atoms with Crippen LogP contribution in [0.15, 0.2) is 48.8 Å². The second-order valence-corrected chi connectivity index (χ2v) is 5.21. The zero-order valence-electron chi connectivity index (χ0n) is 12.7. The van der Waals surface area contributed by atoms with Crippen LogP contribution in [0.3, 0.4) is 0 Å². The molecule has 0 radical (unpaired) electrons. The summed E-state index contributed by atoms with van der Waals surface area (Å²) in [6, 6.07) is 12.0. The number of benzene rings is 1. The summed E-state index contributed by atoms with van der Waals surface area (Å²) in [7, 11) is 0. The molecule has 0 aliphatic rings. The molecule has 0 unspecified atom stereocenters. The summed E-state index contributed by atoms with van der Waals surface area (Å²) in [5.74, 6) is 0.922. The van der Waals surface area contributed by atoms with Crippen LogP contribution in [0.5, 0.6) is 5.75 Å². The van der Waals surface area contributed by atoms with Crippen molar-refractivity contribution in [2.24, 2.45) is 0 Å². The van der Waals surface area contributed by atoms with E-state index in [-0.39, 0.29) is 0 Å². The molecule has 0 saturated heterocycles. The molecule has 22 heavy (non-hydrogen) atoms. The summed E-state index contributed by atoms with van der Waals surface area (Å²) in [6.07, 6.45) is 5.50. The van der Waals surface area contributed by atoms with Crippen LogP contribution >= 0.6 is 12.2 Å². The lowest BCUT2D eigenvalue weighted by Gasteiger charge is -2.10. The number of nitrogens with zero attached hydrogens (tertiary/aromatic N) is 1. The molecule has 2 N–H and O–H groups in total. The third-order valence-electron chi connectivity index (χ3n) is 3.08. The first-order valence-electron chi connectivity index (χ1n) is 7.44. The molecule has 0 spiro atoms. The second kappa shape index (κ2) is 9.00. The highest BCUT2D eigenvalue weighted by Crippen LogP contribution is 2.13. The summed E-state index contributed by atoms with van der Waals surface area (Å²) < 4.78 is 5.43. The molecule has 1 heterocycles. The van der Waals surface area contributed by atoms with E-state index in [9.17, 15) is 0 Å². The molecule has 116 valence electrons. The summed E-state index contributed by atoms with van der Waals surface area (Å²) >= 11 is 5.25. The van der Waals surface area contributed by atoms with Gasteiger partial charge < -0.3 is 15.4 Å². The van der Waals surface area contributed by atoms with Gasteiger partial charge in [-0.1, -0.05) is 12.1 Å². The summed E-state index contributed by atoms with van der Waals surface area (Å²) in [5, 5.41) is 6.93. The number of hydrogen-bond donors (Lipinski definition) is 2. The minimum Gasteiger partial charge on any atom is -0.494 e. The number of rotatable bonds is 7. The van der Waals surface area contributed by atoms with Crippen molar-refractivity contribution >= 4 is 23.0 Å². The smallest absolute Gasteiger partial charge is 0.170 e. The molecule has 2 rings (SSSR count). The van der Waals surface area contributed by atoms with Crippen molar-refractivity contribution in [3.63, 3.8) is 0 Å². The van der Waals surface area contributed by atoms with Crippen LogP contribution in [0, 0.1) is 0 Å². The molecule has 4 nitrogen and oxygen atoms in total. The molecule has 1 aromatic carbocycles. The summed E-state index contributed by atoms with van der Waals surface area (Å²) in [5.41, 5.74) is 2.20. The molecule has 0 saturated carbocycles. The van der Waals surface area contributed by atoms with Gasteiger partial charge in [-0.2, -0.15) is 0 Å². The Labute approximate surface area is 136 Å². The normalized spacial score (nSPS) is 10.0. The topological polar surface area (TPSA) is 46.2 Å². The van der Waals surface area contributed by atoms with E-state index < -0.39 is 0 Å². The van der Waals surface area contributed by atoms with Crippen LogP contribution in [0.2, 0.25) is 0 Å². The molecule has 1 aromatic heterocycles. The number of aryl methyl sites for hydroxylation is 1. The standard InChI is InChI=1S/C17H21N3OS/c1-2-21-16-9-7-14(8-10-16)5-3-12-19-17(22)20-15-6-4-11-18-13-15/h4,6-11,13H,2-3,5,12H2,1H3,(H2,19,20,22). The van der Waals surface area contributed by atoms with Crippen LogP contribution in [0.4, 0.5) is 5.69 Å². The van der Waals surface area contributed by atoms with Gasteiger partial charge in [-0.3, -0.25) is 4.98 Å². The highest BCUT2D eigenvalue weighted by Gasteiger charge is 1.98. The highest BCUT2D eigenvalue weighted by molar-refractivity contribution is 7.80. The lowest BCUT2D eigenvalue weighted by molar-refractivity contribution is 0.340. The SMILES string of the molecule is CCOc1ccc(CCCNC(=S)Nc2cccnc2)cc1. The molecular weight excluding hydrogens is 294 g/mol. The largest absolute Gasteiger partial charge is 0.494 e. The van der Waals surface area contributed by atoms with Crippen LogP contribution in [0.1, 0.15) is 18.9 Å². The Kier molecular flexibility index (Phi) is 6.64. The molecule has 0 aliphatic heterocycles. The second-order valence-electron chi connectivity index (χ2n) is 4.80. The van der Waals surface area contributed by atoms with E-state index in [1.165, 1.54) is 5.56 Å². The number of ether oxygens (including phenoxy) is 1. The van der Waals surface area contributed by atoms with Gasteiger partial charge in [-0.05, 0) is 61.8 Å². The lowest BCUT2D eigenvalue weighted by Crippen LogP contribution is -2.29. The van der Waals surface area contributed by atoms with Crippen molar-refractivity contribution in [2.45, 2.75) is 19.8 Å². The fraction of sp³-hybridized carbons (Fsp3) is 0.294. The predicted molar refractivity (Wildman–Crippen MR) is 94.4 cm³/mol. The monoisotopic (exact) mass is 315 g/mol. The first kappa shape index (κ1) is 16.2. The minimum atomic E-state index is 0.625. The fourth-order valence-corrected chi connectivity index (χ4v) is 2.25. The van der Waals surface area contributed by atoms with Crippen LogP contribution < -0.4 is 15.4 Å². The Bertz CT molecular complexity index is 572. The van der Waals surface area contributed by atoms with Gasteiger partial charge >= 0.3 is 0 Å². The number of pyridine rings is 1. The minimum absolute atomic E-state index is 0.625. The van der Waals surface area contributed by atoms with Gasteiger partial charge in [0.15, 0.2) is 5.11 Å². The van der Waals surface area contributed by atoms with Crippen molar-refractivity contribution in [1.29, 1.82) is 0 Å². The van der Waals surface area contributed by atoms with Gasteiger partial charge in [0.25, 0.3) is 0 Å². The Hall–Kier alpha value is -2.14. The molecule has 0 amide bonds. The first-order chi connectivity index (χ1) is 10.8. The van der Waals surface area contributed by atoms with Crippen molar-refractivity contribution in [3.05, 3.63) is 54.4 Å². The number of hydrogen-bond acceptors (Lipinski definition) is 3. The quantitative estimate of drug-likeness (QED) is 0.606. The average molecular weight is 315 g/mol. The molecule has 0 atom stereocenters. The van der Waals surface area contributed by atoms with Gasteiger partial charge in [-0.25, -0.2) is 0 Å². The maximum Gasteiger partial charge on any atom is 0.170 e. The van der Waals surface area contributed by atoms with Crippen molar-refractivity contribution < 1.29 is 4.74 Å². The van der Waals surface area contributed by atoms with E-state index in [0.717, 1.165) is 30.8 Å². The van der Waals surface area contributed by atoms with E-state index in [4.69, 9.17) is 17.0 Å². The number of thiocarbonyl (C=S) groups is 1. The van der Waals surface area contributed by atoms with E-state index in [1.807, 2.05) is 31.2 Å². The Morgan fingerprint density at radius 3 is 2.73 bits per heavy atom. The highest BCUT2D eigenvalue weighted by atomic mass is 32.1. The third kappa shape index (κ3) is 5.69. The van der Waals surface area contributed by atoms with Gasteiger partial charge in [0, 0.05) is 12.7 Å². The van der Waals surface area contributed by atoms with E-state index >= 15 is 0 Å². The summed E-state index contributed by atoms with van der Waals surface area (Å²) in [6.45, 7) is 3.52. The van der Waals surface area contributed by atoms with Crippen LogP contribution in [-0.2, 0) is 6.42 Å². The van der Waals surface area contributed by atoms with Gasteiger partial charge in [-0.15, -0.1) is 0 Å². The average Bonchev–Trinajstić information content (AvgIpc) is 2.54. The third-order valence-corrected chi connectivity index (χ3v) is 3.33. The Morgan fingerprint density at radius 1 is 1.23 bits per heavy atom. The zero-order valence-corrected chi connectivity index (χ0v) is 13.5. The molecule has 0 bridgehead atoms. The van der Waals surface area contributed by atoms with E-state index in [2.05, 4.69) is 27.8 Å². The van der Waals surface area contributed by atoms with E-state index in [1.54, 1.807) is 12.4 Å². The van der Waals surface area contributed by atoms with Crippen LogP contribution in [0.25, 0.3) is 0 Å². The number of nitrogens with one attached hydrogen (secondary N) is 2. The fourth-order valence-electron chi connectivity index (χ4n) is 2.03. The maximum atomic E-state index is 5.43. The summed E-state index contributed by atoms with van der Waals surface area (Å²) in [4.78, 5) is 4.03. The van der Waals surface area contributed by atoms with Gasteiger partial charge in [0.2, 0.25) is 0 Å². The molecular formula is C17H21N3OS. The first-order valence-corrected chi connectivity index (χ1v) is 7.85. The molecule has 0 aliphatic carbocycles. The number of aromatic nitrogens is 1. The molecule has 0 fully saturated rings. The Morgan fingerprint density at radius 2 is 2.05 bits per heavy atom. The van der Waals surface area contributed by atoms with Crippen molar-refractivity contribution in [2.75, 3.05) is 18.5 Å². The van der Waals surface area contributed by atoms with Crippen molar-refractivity contribution in [1.82, 2.24) is 10.3 Å². The molecule has 5 heteroatoms. The molecule has 2 aromatic rings.